The highest BCUT2D eigenvalue weighted by Crippen LogP contribution is 2.26. The Hall–Kier alpha value is -2.88. The second-order valence-corrected chi connectivity index (χ2v) is 6.68. The molecule has 0 unspecified atom stereocenters. The quantitative estimate of drug-likeness (QED) is 0.343. The minimum absolute atomic E-state index is 0.601. The number of hydrogen-bond acceptors (Lipinski definition) is 3. The first-order valence-electron chi connectivity index (χ1n) is 8.31. The van der Waals surface area contributed by atoms with Gasteiger partial charge in [-0.25, -0.2) is 4.98 Å². The van der Waals surface area contributed by atoms with Crippen LogP contribution in [0.2, 0.25) is 10.0 Å². The molecule has 0 aliphatic carbocycles. The number of rotatable bonds is 4. The van der Waals surface area contributed by atoms with E-state index in [1.807, 2.05) is 66.7 Å². The van der Waals surface area contributed by atoms with Crippen molar-refractivity contribution in [1.82, 2.24) is 4.98 Å². The van der Waals surface area contributed by atoms with Crippen LogP contribution < -0.4 is 0 Å². The van der Waals surface area contributed by atoms with Crippen molar-refractivity contribution in [3.63, 3.8) is 0 Å². The molecule has 0 atom stereocenters. The summed E-state index contributed by atoms with van der Waals surface area (Å²) in [5.74, 6) is 0.601. The average Bonchev–Trinajstić information content (AvgIpc) is 3.11. The Morgan fingerprint density at radius 2 is 1.74 bits per heavy atom. The number of para-hydroxylation sites is 2. The standard InChI is InChI=1S/C22H14Cl2N2O/c23-17-10-7-15(19(24)14-17)4-3-13-25-18-11-8-16(9-12-18)22-26-20-5-1-2-6-21(20)27-22/h1-14H. The van der Waals surface area contributed by atoms with Gasteiger partial charge in [0.2, 0.25) is 5.89 Å². The van der Waals surface area contributed by atoms with Gasteiger partial charge in [-0.3, -0.25) is 4.99 Å². The number of aromatic nitrogens is 1. The molecule has 132 valence electrons. The number of nitrogens with zero attached hydrogens (tertiary/aromatic N) is 2. The maximum absolute atomic E-state index is 6.14. The Labute approximate surface area is 166 Å². The van der Waals surface area contributed by atoms with Gasteiger partial charge in [-0.15, -0.1) is 0 Å². The van der Waals surface area contributed by atoms with Crippen molar-refractivity contribution in [3.05, 3.63) is 88.4 Å². The smallest absolute Gasteiger partial charge is 0.227 e. The van der Waals surface area contributed by atoms with Crippen molar-refractivity contribution in [2.75, 3.05) is 0 Å². The minimum atomic E-state index is 0.601. The Bertz CT molecular complexity index is 1110. The van der Waals surface area contributed by atoms with E-state index in [-0.39, 0.29) is 0 Å². The van der Waals surface area contributed by atoms with E-state index in [4.69, 9.17) is 27.6 Å². The Morgan fingerprint density at radius 3 is 2.52 bits per heavy atom. The van der Waals surface area contributed by atoms with Crippen molar-refractivity contribution in [2.24, 2.45) is 4.99 Å². The summed E-state index contributed by atoms with van der Waals surface area (Å²) in [5, 5.41) is 1.22. The fraction of sp³-hybridized carbons (Fsp3) is 0. The molecule has 0 amide bonds. The molecule has 5 heteroatoms. The van der Waals surface area contributed by atoms with Crippen molar-refractivity contribution in [1.29, 1.82) is 0 Å². The van der Waals surface area contributed by atoms with E-state index >= 15 is 0 Å². The van der Waals surface area contributed by atoms with E-state index < -0.39 is 0 Å². The number of oxazole rings is 1. The third-order valence-corrected chi connectivity index (χ3v) is 4.52. The van der Waals surface area contributed by atoms with Crippen LogP contribution in [0.4, 0.5) is 5.69 Å². The largest absolute Gasteiger partial charge is 0.436 e. The van der Waals surface area contributed by atoms with Crippen molar-refractivity contribution >= 4 is 52.3 Å². The fourth-order valence-electron chi connectivity index (χ4n) is 2.60. The van der Waals surface area contributed by atoms with Crippen LogP contribution in [-0.2, 0) is 0 Å². The average molecular weight is 393 g/mol. The van der Waals surface area contributed by atoms with E-state index in [1.165, 1.54) is 0 Å². The summed E-state index contributed by atoms with van der Waals surface area (Å²) in [4.78, 5) is 8.91. The zero-order valence-corrected chi connectivity index (χ0v) is 15.7. The number of allylic oxidation sites excluding steroid dienone is 1. The second kappa shape index (κ2) is 7.78. The van der Waals surface area contributed by atoms with E-state index in [0.29, 0.717) is 15.9 Å². The summed E-state index contributed by atoms with van der Waals surface area (Å²) in [6.45, 7) is 0. The molecule has 0 saturated heterocycles. The molecule has 4 aromatic rings. The normalized spacial score (nSPS) is 11.8. The third-order valence-electron chi connectivity index (χ3n) is 3.96. The van der Waals surface area contributed by atoms with Crippen molar-refractivity contribution in [3.8, 4) is 11.5 Å². The molecule has 1 aromatic heterocycles. The van der Waals surface area contributed by atoms with Gasteiger partial charge in [0.05, 0.1) is 5.69 Å². The van der Waals surface area contributed by atoms with Gasteiger partial charge in [0.15, 0.2) is 5.58 Å². The van der Waals surface area contributed by atoms with Crippen LogP contribution in [0.1, 0.15) is 5.56 Å². The second-order valence-electron chi connectivity index (χ2n) is 5.84. The molecule has 3 aromatic carbocycles. The minimum Gasteiger partial charge on any atom is -0.436 e. The third kappa shape index (κ3) is 4.11. The van der Waals surface area contributed by atoms with Gasteiger partial charge in [0.25, 0.3) is 0 Å². The number of hydrogen-bond donors (Lipinski definition) is 0. The van der Waals surface area contributed by atoms with Crippen LogP contribution in [-0.4, -0.2) is 11.2 Å². The summed E-state index contributed by atoms with van der Waals surface area (Å²) in [6.07, 6.45) is 5.44. The summed E-state index contributed by atoms with van der Waals surface area (Å²) in [7, 11) is 0. The van der Waals surface area contributed by atoms with Crippen LogP contribution in [0.25, 0.3) is 28.6 Å². The SMILES string of the molecule is Clc1ccc(C=CC=Nc2ccc(-c3nc4ccccc4o3)cc2)c(Cl)c1. The lowest BCUT2D eigenvalue weighted by Crippen LogP contribution is -1.77. The first kappa shape index (κ1) is 17.5. The van der Waals surface area contributed by atoms with E-state index in [9.17, 15) is 0 Å². The van der Waals surface area contributed by atoms with Gasteiger partial charge < -0.3 is 4.42 Å². The lowest BCUT2D eigenvalue weighted by Gasteiger charge is -1.98. The predicted octanol–water partition coefficient (Wildman–Crippen LogP) is 7.22. The first-order chi connectivity index (χ1) is 13.2. The first-order valence-corrected chi connectivity index (χ1v) is 9.06. The molecule has 0 radical (unpaired) electrons. The maximum Gasteiger partial charge on any atom is 0.227 e. The number of benzene rings is 3. The van der Waals surface area contributed by atoms with Gasteiger partial charge >= 0.3 is 0 Å². The molecule has 0 bridgehead atoms. The lowest BCUT2D eigenvalue weighted by molar-refractivity contribution is 0.620. The molecular weight excluding hydrogens is 379 g/mol. The Kier molecular flexibility index (Phi) is 5.05. The number of aliphatic imine (C=N–C) groups is 1. The lowest BCUT2D eigenvalue weighted by atomic mass is 10.2. The molecule has 0 aliphatic rings. The zero-order valence-electron chi connectivity index (χ0n) is 14.1. The topological polar surface area (TPSA) is 38.4 Å². The van der Waals surface area contributed by atoms with Gasteiger partial charge in [-0.2, -0.15) is 0 Å². The van der Waals surface area contributed by atoms with Crippen LogP contribution in [0.3, 0.4) is 0 Å². The summed E-state index contributed by atoms with van der Waals surface area (Å²) >= 11 is 12.0. The zero-order chi connectivity index (χ0) is 18.6. The molecule has 4 rings (SSSR count). The molecule has 3 nitrogen and oxygen atoms in total. The van der Waals surface area contributed by atoms with Crippen LogP contribution in [0.5, 0.6) is 0 Å². The molecule has 1 heterocycles. The fourth-order valence-corrected chi connectivity index (χ4v) is 3.07. The molecule has 0 fully saturated rings. The molecule has 27 heavy (non-hydrogen) atoms. The van der Waals surface area contributed by atoms with E-state index in [0.717, 1.165) is 27.9 Å². The molecule has 0 aliphatic heterocycles. The van der Waals surface area contributed by atoms with E-state index in [1.54, 1.807) is 18.3 Å². The molecule has 0 saturated carbocycles. The van der Waals surface area contributed by atoms with Crippen molar-refractivity contribution in [2.45, 2.75) is 0 Å². The van der Waals surface area contributed by atoms with Crippen LogP contribution in [0, 0.1) is 0 Å². The highest BCUT2D eigenvalue weighted by atomic mass is 35.5. The van der Waals surface area contributed by atoms with Crippen LogP contribution in [0.15, 0.2) is 82.2 Å². The molecule has 0 spiro atoms. The summed E-state index contributed by atoms with van der Waals surface area (Å²) < 4.78 is 5.78. The monoisotopic (exact) mass is 392 g/mol. The van der Waals surface area contributed by atoms with Crippen LogP contribution >= 0.6 is 23.2 Å². The van der Waals surface area contributed by atoms with E-state index in [2.05, 4.69) is 9.98 Å². The van der Waals surface area contributed by atoms with Crippen molar-refractivity contribution < 1.29 is 4.42 Å². The predicted molar refractivity (Wildman–Crippen MR) is 113 cm³/mol. The van der Waals surface area contributed by atoms with Gasteiger partial charge in [0, 0.05) is 21.8 Å². The van der Waals surface area contributed by atoms with Gasteiger partial charge in [0.1, 0.15) is 5.52 Å². The Balaban J connectivity index is 1.47. The highest BCUT2D eigenvalue weighted by Gasteiger charge is 2.07. The molecular formula is C22H14Cl2N2O. The summed E-state index contributed by atoms with van der Waals surface area (Å²) in [6, 6.07) is 20.8. The number of fused-ring (bicyclic) bond motifs is 1. The summed E-state index contributed by atoms with van der Waals surface area (Å²) in [5.41, 5.74) is 4.26. The number of halogens is 2. The highest BCUT2D eigenvalue weighted by molar-refractivity contribution is 6.35. The Morgan fingerprint density at radius 1 is 0.926 bits per heavy atom. The molecule has 0 N–H and O–H groups in total. The maximum atomic E-state index is 6.14. The van der Waals surface area contributed by atoms with Gasteiger partial charge in [-0.1, -0.05) is 47.5 Å². The van der Waals surface area contributed by atoms with Gasteiger partial charge in [-0.05, 0) is 60.2 Å².